The molecule has 0 saturated carbocycles. The third-order valence-electron chi connectivity index (χ3n) is 2.41. The van der Waals surface area contributed by atoms with E-state index in [1.807, 2.05) is 39.0 Å². The maximum atomic E-state index is 9.85. The molecule has 1 rings (SSSR count). The van der Waals surface area contributed by atoms with E-state index in [0.717, 1.165) is 16.9 Å². The Labute approximate surface area is 85.5 Å². The predicted octanol–water partition coefficient (Wildman–Crippen LogP) is 2.69. The second-order valence-electron chi connectivity index (χ2n) is 3.92. The highest BCUT2D eigenvalue weighted by Gasteiger charge is 2.13. The summed E-state index contributed by atoms with van der Waals surface area (Å²) < 4.78 is 5.20. The van der Waals surface area contributed by atoms with E-state index in [1.54, 1.807) is 7.11 Å². The smallest absolute Gasteiger partial charge is 0.122 e. The second-order valence-corrected chi connectivity index (χ2v) is 3.92. The van der Waals surface area contributed by atoms with Crippen molar-refractivity contribution in [3.05, 3.63) is 29.3 Å². The molecule has 14 heavy (non-hydrogen) atoms. The largest absolute Gasteiger partial charge is 0.496 e. The summed E-state index contributed by atoms with van der Waals surface area (Å²) in [5.41, 5.74) is 2.01. The summed E-state index contributed by atoms with van der Waals surface area (Å²) in [6, 6.07) is 5.82. The third-order valence-corrected chi connectivity index (χ3v) is 2.41. The zero-order chi connectivity index (χ0) is 10.7. The van der Waals surface area contributed by atoms with E-state index < -0.39 is 6.10 Å². The van der Waals surface area contributed by atoms with Crippen LogP contribution in [0, 0.1) is 12.8 Å². The van der Waals surface area contributed by atoms with Gasteiger partial charge in [0.15, 0.2) is 0 Å². The molecule has 1 aromatic carbocycles. The van der Waals surface area contributed by atoms with Gasteiger partial charge >= 0.3 is 0 Å². The monoisotopic (exact) mass is 194 g/mol. The molecule has 0 aliphatic carbocycles. The number of hydrogen-bond donors (Lipinski definition) is 1. The Kier molecular flexibility index (Phi) is 3.53. The number of benzene rings is 1. The first-order chi connectivity index (χ1) is 6.56. The van der Waals surface area contributed by atoms with Gasteiger partial charge in [0.2, 0.25) is 0 Å². The Morgan fingerprint density at radius 3 is 2.43 bits per heavy atom. The van der Waals surface area contributed by atoms with Crippen molar-refractivity contribution in [1.82, 2.24) is 0 Å². The van der Waals surface area contributed by atoms with Gasteiger partial charge in [0.25, 0.3) is 0 Å². The van der Waals surface area contributed by atoms with Crippen molar-refractivity contribution in [1.29, 1.82) is 0 Å². The molecule has 0 spiro atoms. The minimum absolute atomic E-state index is 0.224. The number of aliphatic hydroxyl groups is 1. The van der Waals surface area contributed by atoms with E-state index >= 15 is 0 Å². The topological polar surface area (TPSA) is 29.5 Å². The molecular weight excluding hydrogens is 176 g/mol. The van der Waals surface area contributed by atoms with Gasteiger partial charge in [0, 0.05) is 0 Å². The average molecular weight is 194 g/mol. The van der Waals surface area contributed by atoms with Crippen LogP contribution in [0.15, 0.2) is 18.2 Å². The van der Waals surface area contributed by atoms with E-state index in [-0.39, 0.29) is 5.92 Å². The molecule has 0 saturated heterocycles. The minimum atomic E-state index is -0.413. The highest BCUT2D eigenvalue weighted by Crippen LogP contribution is 2.26. The highest BCUT2D eigenvalue weighted by molar-refractivity contribution is 5.37. The first kappa shape index (κ1) is 11.1. The zero-order valence-corrected chi connectivity index (χ0v) is 9.24. The Morgan fingerprint density at radius 2 is 1.93 bits per heavy atom. The molecule has 2 nitrogen and oxygen atoms in total. The van der Waals surface area contributed by atoms with E-state index in [2.05, 4.69) is 0 Å². The van der Waals surface area contributed by atoms with Crippen LogP contribution >= 0.6 is 0 Å². The van der Waals surface area contributed by atoms with Crippen LogP contribution in [0.5, 0.6) is 5.75 Å². The lowest BCUT2D eigenvalue weighted by atomic mass is 9.98. The third kappa shape index (κ3) is 2.26. The molecule has 0 aliphatic heterocycles. The van der Waals surface area contributed by atoms with Crippen LogP contribution in [-0.4, -0.2) is 12.2 Å². The molecule has 0 amide bonds. The molecule has 78 valence electrons. The normalized spacial score (nSPS) is 13.0. The maximum absolute atomic E-state index is 9.85. The van der Waals surface area contributed by atoms with Crippen LogP contribution < -0.4 is 4.74 Å². The van der Waals surface area contributed by atoms with Gasteiger partial charge in [-0.3, -0.25) is 0 Å². The van der Waals surface area contributed by atoms with Crippen molar-refractivity contribution in [3.8, 4) is 5.75 Å². The summed E-state index contributed by atoms with van der Waals surface area (Å²) in [6.07, 6.45) is -0.413. The van der Waals surface area contributed by atoms with Crippen LogP contribution in [0.4, 0.5) is 0 Å². The van der Waals surface area contributed by atoms with Gasteiger partial charge in [-0.2, -0.15) is 0 Å². The molecule has 0 radical (unpaired) electrons. The number of aliphatic hydroxyl groups excluding tert-OH is 1. The Hall–Kier alpha value is -1.02. The molecule has 1 aromatic rings. The lowest BCUT2D eigenvalue weighted by molar-refractivity contribution is 0.126. The molecule has 0 aromatic heterocycles. The highest BCUT2D eigenvalue weighted by atomic mass is 16.5. The summed E-state index contributed by atoms with van der Waals surface area (Å²) in [4.78, 5) is 0. The molecule has 0 fully saturated rings. The van der Waals surface area contributed by atoms with Gasteiger partial charge in [-0.15, -0.1) is 0 Å². The summed E-state index contributed by atoms with van der Waals surface area (Å²) >= 11 is 0. The van der Waals surface area contributed by atoms with Crippen LogP contribution in [0.25, 0.3) is 0 Å². The molecule has 0 heterocycles. The van der Waals surface area contributed by atoms with Gasteiger partial charge in [0.05, 0.1) is 13.2 Å². The van der Waals surface area contributed by atoms with Crippen LogP contribution in [0.2, 0.25) is 0 Å². The number of methoxy groups -OCH3 is 1. The molecule has 1 N–H and O–H groups in total. The van der Waals surface area contributed by atoms with E-state index in [9.17, 15) is 5.11 Å². The fraction of sp³-hybridized carbons (Fsp3) is 0.500. The van der Waals surface area contributed by atoms with E-state index in [1.165, 1.54) is 0 Å². The van der Waals surface area contributed by atoms with Gasteiger partial charge in [-0.05, 0) is 30.0 Å². The van der Waals surface area contributed by atoms with Crippen molar-refractivity contribution >= 4 is 0 Å². The van der Waals surface area contributed by atoms with Crippen molar-refractivity contribution in [2.24, 2.45) is 5.92 Å². The number of ether oxygens (including phenoxy) is 1. The maximum Gasteiger partial charge on any atom is 0.122 e. The first-order valence-electron chi connectivity index (χ1n) is 4.89. The van der Waals surface area contributed by atoms with Gasteiger partial charge < -0.3 is 9.84 Å². The summed E-state index contributed by atoms with van der Waals surface area (Å²) in [5, 5.41) is 9.85. The Bertz CT molecular complexity index is 305. The molecule has 1 atom stereocenters. The molecular formula is C12H18O2. The summed E-state index contributed by atoms with van der Waals surface area (Å²) in [7, 11) is 1.65. The standard InChI is InChI=1S/C12H18O2/c1-8(2)12(13)10-6-5-9(3)11(7-10)14-4/h5-8,12-13H,1-4H3. The van der Waals surface area contributed by atoms with Crippen molar-refractivity contribution in [2.75, 3.05) is 7.11 Å². The van der Waals surface area contributed by atoms with E-state index in [4.69, 9.17) is 4.74 Å². The number of rotatable bonds is 3. The quantitative estimate of drug-likeness (QED) is 0.801. The van der Waals surface area contributed by atoms with Crippen molar-refractivity contribution in [2.45, 2.75) is 26.9 Å². The number of aryl methyl sites for hydroxylation is 1. The summed E-state index contributed by atoms with van der Waals surface area (Å²) in [5.74, 6) is 1.06. The molecule has 1 unspecified atom stereocenters. The molecule has 0 aliphatic rings. The average Bonchev–Trinajstić information content (AvgIpc) is 2.17. The minimum Gasteiger partial charge on any atom is -0.496 e. The predicted molar refractivity (Wildman–Crippen MR) is 57.5 cm³/mol. The molecule has 2 heteroatoms. The zero-order valence-electron chi connectivity index (χ0n) is 9.24. The van der Waals surface area contributed by atoms with Gasteiger partial charge in [-0.25, -0.2) is 0 Å². The van der Waals surface area contributed by atoms with Crippen LogP contribution in [-0.2, 0) is 0 Å². The number of hydrogen-bond acceptors (Lipinski definition) is 2. The van der Waals surface area contributed by atoms with Crippen LogP contribution in [0.3, 0.4) is 0 Å². The first-order valence-corrected chi connectivity index (χ1v) is 4.89. The van der Waals surface area contributed by atoms with Crippen molar-refractivity contribution in [3.63, 3.8) is 0 Å². The Balaban J connectivity index is 3.00. The SMILES string of the molecule is COc1cc(C(O)C(C)C)ccc1C. The Morgan fingerprint density at radius 1 is 1.29 bits per heavy atom. The van der Waals surface area contributed by atoms with Crippen molar-refractivity contribution < 1.29 is 9.84 Å². The summed E-state index contributed by atoms with van der Waals surface area (Å²) in [6.45, 7) is 5.98. The lowest BCUT2D eigenvalue weighted by Gasteiger charge is -2.16. The van der Waals surface area contributed by atoms with Crippen LogP contribution in [0.1, 0.15) is 31.1 Å². The van der Waals surface area contributed by atoms with Gasteiger partial charge in [0.1, 0.15) is 5.75 Å². The van der Waals surface area contributed by atoms with E-state index in [0.29, 0.717) is 0 Å². The van der Waals surface area contributed by atoms with Gasteiger partial charge in [-0.1, -0.05) is 26.0 Å². The fourth-order valence-corrected chi connectivity index (χ4v) is 1.41. The molecule has 0 bridgehead atoms. The lowest BCUT2D eigenvalue weighted by Crippen LogP contribution is -2.05. The fourth-order valence-electron chi connectivity index (χ4n) is 1.41. The second kappa shape index (κ2) is 4.47.